The lowest BCUT2D eigenvalue weighted by atomic mass is 10.1. The Morgan fingerprint density at radius 3 is 2.59 bits per heavy atom. The summed E-state index contributed by atoms with van der Waals surface area (Å²) in [6, 6.07) is 3.99. The van der Waals surface area contributed by atoms with Crippen molar-refractivity contribution >= 4 is 18.3 Å². The van der Waals surface area contributed by atoms with Crippen LogP contribution in [0.4, 0.5) is 0 Å². The van der Waals surface area contributed by atoms with Crippen LogP contribution >= 0.6 is 12.4 Å². The van der Waals surface area contributed by atoms with Crippen LogP contribution in [0.3, 0.4) is 0 Å². The summed E-state index contributed by atoms with van der Waals surface area (Å²) in [6.07, 6.45) is 6.36. The molecule has 6 heteroatoms. The number of pyridine rings is 1. The number of amides is 1. The largest absolute Gasteiger partial charge is 0.334 e. The molecule has 1 aromatic heterocycles. The zero-order valence-electron chi connectivity index (χ0n) is 13.5. The molecule has 124 valence electrons. The Morgan fingerprint density at radius 2 is 2.00 bits per heavy atom. The molecule has 0 saturated heterocycles. The Morgan fingerprint density at radius 1 is 1.32 bits per heavy atom. The van der Waals surface area contributed by atoms with Gasteiger partial charge in [-0.3, -0.25) is 9.78 Å². The van der Waals surface area contributed by atoms with Crippen LogP contribution in [0.1, 0.15) is 41.7 Å². The van der Waals surface area contributed by atoms with Crippen LogP contribution in [0.15, 0.2) is 18.3 Å². The van der Waals surface area contributed by atoms with E-state index in [1.807, 2.05) is 25.1 Å². The van der Waals surface area contributed by atoms with E-state index in [0.717, 1.165) is 31.6 Å². The molecule has 0 spiro atoms. The first-order chi connectivity index (χ1) is 10.1. The molecule has 2 rings (SSSR count). The molecule has 0 aliphatic heterocycles. The lowest BCUT2D eigenvalue weighted by Gasteiger charge is -2.30. The highest BCUT2D eigenvalue weighted by atomic mass is 35.5. The minimum Gasteiger partial charge on any atom is -0.334 e. The van der Waals surface area contributed by atoms with Crippen molar-refractivity contribution in [2.24, 2.45) is 5.73 Å². The summed E-state index contributed by atoms with van der Waals surface area (Å²) in [5.74, 6) is 0.112. The molecule has 5 nitrogen and oxygen atoms in total. The highest BCUT2D eigenvalue weighted by molar-refractivity contribution is 5.94. The number of hydrogen-bond acceptors (Lipinski definition) is 4. The summed E-state index contributed by atoms with van der Waals surface area (Å²) in [4.78, 5) is 21.2. The molecule has 0 radical (unpaired) electrons. The van der Waals surface area contributed by atoms with Gasteiger partial charge in [0, 0.05) is 37.4 Å². The van der Waals surface area contributed by atoms with E-state index in [1.54, 1.807) is 12.3 Å². The SMILES string of the molecule is CN(C)CCN(C(=O)c1ccnc(CN)c1)C1CCCC1.Cl. The van der Waals surface area contributed by atoms with Gasteiger partial charge in [-0.25, -0.2) is 0 Å². The first-order valence-corrected chi connectivity index (χ1v) is 7.72. The Labute approximate surface area is 139 Å². The van der Waals surface area contributed by atoms with E-state index in [-0.39, 0.29) is 18.3 Å². The van der Waals surface area contributed by atoms with E-state index >= 15 is 0 Å². The summed E-state index contributed by atoms with van der Waals surface area (Å²) < 4.78 is 0. The quantitative estimate of drug-likeness (QED) is 0.867. The zero-order valence-corrected chi connectivity index (χ0v) is 14.3. The Bertz CT molecular complexity index is 475. The molecule has 1 saturated carbocycles. The van der Waals surface area contributed by atoms with Crippen molar-refractivity contribution in [2.75, 3.05) is 27.2 Å². The highest BCUT2D eigenvalue weighted by Gasteiger charge is 2.27. The molecule has 0 unspecified atom stereocenters. The van der Waals surface area contributed by atoms with Gasteiger partial charge in [0.05, 0.1) is 5.69 Å². The van der Waals surface area contributed by atoms with Gasteiger partial charge in [-0.2, -0.15) is 0 Å². The predicted octanol–water partition coefficient (Wildman–Crippen LogP) is 1.91. The van der Waals surface area contributed by atoms with Gasteiger partial charge in [-0.05, 0) is 39.1 Å². The van der Waals surface area contributed by atoms with Crippen LogP contribution in [-0.2, 0) is 6.54 Å². The monoisotopic (exact) mass is 326 g/mol. The third kappa shape index (κ3) is 4.93. The minimum absolute atomic E-state index is 0. The van der Waals surface area contributed by atoms with Crippen molar-refractivity contribution in [1.29, 1.82) is 0 Å². The third-order valence-corrected chi connectivity index (χ3v) is 4.09. The fraction of sp³-hybridized carbons (Fsp3) is 0.625. The molecule has 22 heavy (non-hydrogen) atoms. The number of rotatable bonds is 6. The summed E-state index contributed by atoms with van der Waals surface area (Å²) in [5, 5.41) is 0. The molecule has 0 atom stereocenters. The van der Waals surface area contributed by atoms with Crippen LogP contribution in [-0.4, -0.2) is 53.9 Å². The van der Waals surface area contributed by atoms with Crippen molar-refractivity contribution in [3.8, 4) is 0 Å². The maximum Gasteiger partial charge on any atom is 0.254 e. The summed E-state index contributed by atoms with van der Waals surface area (Å²) in [7, 11) is 4.08. The average molecular weight is 327 g/mol. The molecule has 2 N–H and O–H groups in total. The fourth-order valence-corrected chi connectivity index (χ4v) is 2.86. The topological polar surface area (TPSA) is 62.5 Å². The Kier molecular flexibility index (Phi) is 7.79. The lowest BCUT2D eigenvalue weighted by Crippen LogP contribution is -2.42. The van der Waals surface area contributed by atoms with E-state index in [2.05, 4.69) is 9.88 Å². The van der Waals surface area contributed by atoms with Gasteiger partial charge in [0.2, 0.25) is 0 Å². The number of halogens is 1. The highest BCUT2D eigenvalue weighted by Crippen LogP contribution is 2.25. The maximum absolute atomic E-state index is 12.9. The molecule has 1 amide bonds. The molecule has 1 heterocycles. The number of aromatic nitrogens is 1. The summed E-state index contributed by atoms with van der Waals surface area (Å²) in [5.41, 5.74) is 7.09. The number of carbonyl (C=O) groups excluding carboxylic acids is 1. The summed E-state index contributed by atoms with van der Waals surface area (Å²) >= 11 is 0. The van der Waals surface area contributed by atoms with Crippen molar-refractivity contribution in [3.05, 3.63) is 29.6 Å². The third-order valence-electron chi connectivity index (χ3n) is 4.09. The normalized spacial score (nSPS) is 14.9. The van der Waals surface area contributed by atoms with Gasteiger partial charge in [0.15, 0.2) is 0 Å². The second kappa shape index (κ2) is 9.08. The number of carbonyl (C=O) groups is 1. The summed E-state index contributed by atoms with van der Waals surface area (Å²) in [6.45, 7) is 2.02. The number of likely N-dealkylation sites (N-methyl/N-ethyl adjacent to an activating group) is 1. The van der Waals surface area contributed by atoms with Crippen LogP contribution in [0.25, 0.3) is 0 Å². The smallest absolute Gasteiger partial charge is 0.254 e. The van der Waals surface area contributed by atoms with Gasteiger partial charge in [-0.1, -0.05) is 12.8 Å². The zero-order chi connectivity index (χ0) is 15.2. The van der Waals surface area contributed by atoms with Crippen molar-refractivity contribution in [1.82, 2.24) is 14.8 Å². The first kappa shape index (κ1) is 18.9. The second-order valence-electron chi connectivity index (χ2n) is 5.98. The Hall–Kier alpha value is -1.17. The number of nitrogens with zero attached hydrogens (tertiary/aromatic N) is 3. The van der Waals surface area contributed by atoms with E-state index in [1.165, 1.54) is 12.8 Å². The van der Waals surface area contributed by atoms with Crippen molar-refractivity contribution in [2.45, 2.75) is 38.3 Å². The Balaban J connectivity index is 0.00000242. The van der Waals surface area contributed by atoms with Crippen LogP contribution in [0, 0.1) is 0 Å². The average Bonchev–Trinajstić information content (AvgIpc) is 3.01. The van der Waals surface area contributed by atoms with Gasteiger partial charge < -0.3 is 15.5 Å². The van der Waals surface area contributed by atoms with Gasteiger partial charge in [0.1, 0.15) is 0 Å². The van der Waals surface area contributed by atoms with Crippen LogP contribution in [0.2, 0.25) is 0 Å². The molecule has 0 bridgehead atoms. The van der Waals surface area contributed by atoms with E-state index in [4.69, 9.17) is 5.73 Å². The molecular weight excluding hydrogens is 300 g/mol. The van der Waals surface area contributed by atoms with Crippen LogP contribution in [0.5, 0.6) is 0 Å². The maximum atomic E-state index is 12.9. The molecule has 0 aromatic carbocycles. The van der Waals surface area contributed by atoms with Crippen molar-refractivity contribution in [3.63, 3.8) is 0 Å². The van der Waals surface area contributed by atoms with Crippen LogP contribution < -0.4 is 5.73 Å². The van der Waals surface area contributed by atoms with E-state index < -0.39 is 0 Å². The number of hydrogen-bond donors (Lipinski definition) is 1. The fourth-order valence-electron chi connectivity index (χ4n) is 2.86. The van der Waals surface area contributed by atoms with E-state index in [0.29, 0.717) is 18.2 Å². The molecule has 1 aliphatic carbocycles. The van der Waals surface area contributed by atoms with Gasteiger partial charge in [-0.15, -0.1) is 12.4 Å². The molecule has 1 aromatic rings. The minimum atomic E-state index is 0. The van der Waals surface area contributed by atoms with Crippen molar-refractivity contribution < 1.29 is 4.79 Å². The molecular formula is C16H27ClN4O. The van der Waals surface area contributed by atoms with E-state index in [9.17, 15) is 4.79 Å². The van der Waals surface area contributed by atoms with Gasteiger partial charge in [0.25, 0.3) is 5.91 Å². The first-order valence-electron chi connectivity index (χ1n) is 7.72. The number of nitrogens with two attached hydrogens (primary N) is 1. The molecule has 1 aliphatic rings. The lowest BCUT2D eigenvalue weighted by molar-refractivity contribution is 0.0667. The standard InChI is InChI=1S/C16H26N4O.ClH/c1-19(2)9-10-20(15-5-3-4-6-15)16(21)13-7-8-18-14(11-13)12-17;/h7-8,11,15H,3-6,9-10,12,17H2,1-2H3;1H. The van der Waals surface area contributed by atoms with Gasteiger partial charge >= 0.3 is 0 Å². The predicted molar refractivity (Wildman–Crippen MR) is 91.2 cm³/mol. The second-order valence-corrected chi connectivity index (χ2v) is 5.98. The molecule has 1 fully saturated rings.